The molecule has 2 aromatic carbocycles. The van der Waals surface area contributed by atoms with E-state index in [9.17, 15) is 4.79 Å². The summed E-state index contributed by atoms with van der Waals surface area (Å²) in [5.41, 5.74) is 5.95. The monoisotopic (exact) mass is 495 g/mol. The number of rotatable bonds is 5. The van der Waals surface area contributed by atoms with Crippen molar-refractivity contribution in [2.75, 3.05) is 53.2 Å². The van der Waals surface area contributed by atoms with E-state index in [-0.39, 0.29) is 12.1 Å². The first-order chi connectivity index (χ1) is 18.0. The lowest BCUT2D eigenvalue weighted by Gasteiger charge is -2.43. The third-order valence-electron chi connectivity index (χ3n) is 7.81. The Hall–Kier alpha value is -3.83. The first kappa shape index (κ1) is 23.6. The second kappa shape index (κ2) is 9.56. The Kier molecular flexibility index (Phi) is 6.09. The molecule has 0 spiro atoms. The first-order valence-corrected chi connectivity index (χ1v) is 13.1. The molecule has 1 aromatic heterocycles. The normalized spacial score (nSPS) is 18.4. The molecule has 2 aliphatic heterocycles. The van der Waals surface area contributed by atoms with Gasteiger partial charge in [0.25, 0.3) is 0 Å². The number of benzene rings is 1. The summed E-state index contributed by atoms with van der Waals surface area (Å²) in [5, 5.41) is 3.35. The number of piperazine rings is 1. The van der Waals surface area contributed by atoms with E-state index >= 15 is 0 Å². The van der Waals surface area contributed by atoms with E-state index in [0.717, 1.165) is 79.3 Å². The van der Waals surface area contributed by atoms with E-state index in [1.807, 2.05) is 35.9 Å². The average Bonchev–Trinajstić information content (AvgIpc) is 2.86. The number of carbonyl (C=O) groups is 1. The van der Waals surface area contributed by atoms with Crippen LogP contribution in [0.15, 0.2) is 36.5 Å². The minimum absolute atomic E-state index is 0.0239. The fraction of sp³-hybridized carbons (Fsp3) is 0.414. The number of aryl methyl sites for hydroxylation is 1. The third kappa shape index (κ3) is 4.44. The molecule has 0 bridgehead atoms. The number of hydrogen-bond acceptors (Lipinski definition) is 6. The van der Waals surface area contributed by atoms with Gasteiger partial charge in [0.15, 0.2) is 0 Å². The fourth-order valence-electron chi connectivity index (χ4n) is 5.43. The van der Waals surface area contributed by atoms with Crippen LogP contribution in [0.3, 0.4) is 0 Å². The van der Waals surface area contributed by atoms with Crippen LogP contribution in [0.2, 0.25) is 0 Å². The molecule has 1 saturated carbocycles. The number of fused-ring (bicyclic) bond motifs is 1. The zero-order valence-corrected chi connectivity index (χ0v) is 21.8. The Labute approximate surface area is 218 Å². The van der Waals surface area contributed by atoms with Crippen molar-refractivity contribution in [3.63, 3.8) is 0 Å². The Morgan fingerprint density at radius 2 is 1.81 bits per heavy atom. The maximum atomic E-state index is 13.8. The van der Waals surface area contributed by atoms with E-state index in [4.69, 9.17) is 4.98 Å². The first-order valence-electron chi connectivity index (χ1n) is 13.1. The topological polar surface area (TPSA) is 67.8 Å². The molecular weight excluding hydrogens is 462 g/mol. The van der Waals surface area contributed by atoms with Crippen molar-refractivity contribution in [3.8, 4) is 0 Å². The van der Waals surface area contributed by atoms with Crippen molar-refractivity contribution in [3.05, 3.63) is 65.4 Å². The van der Waals surface area contributed by atoms with Crippen molar-refractivity contribution < 1.29 is 4.79 Å². The molecule has 0 atom stereocenters. The summed E-state index contributed by atoms with van der Waals surface area (Å²) in [6, 6.07) is 16.6. The molecule has 3 aliphatic rings. The Morgan fingerprint density at radius 3 is 2.49 bits per heavy atom. The molecule has 8 nitrogen and oxygen atoms in total. The minimum atomic E-state index is -0.0239. The molecule has 6 rings (SSSR count). The van der Waals surface area contributed by atoms with Gasteiger partial charge >= 0.3 is 6.03 Å². The molecule has 190 valence electrons. The van der Waals surface area contributed by atoms with Crippen LogP contribution in [0.5, 0.6) is 0 Å². The standard InChI is InChI=1S/C29H33N7O/c1-20-6-4-7-21(2)26(20)35-19-22-18-30-28(32-27(22)36(29(35)37)25-8-5-9-25)31-23-10-12-24(13-11-23)34-16-14-33(3)15-17-34/h6,10-13,18,25H,5,8-9,14-17,19H2,1-3H3,(H,30,31,32). The maximum absolute atomic E-state index is 13.8. The SMILES string of the molecule is Cc1c#ccc(C)c1N1Cc2cnc(Nc3ccc(N4CCN(C)CC4)cc3)nc2N(C2CCC2)C1=O. The second-order valence-corrected chi connectivity index (χ2v) is 10.4. The lowest BCUT2D eigenvalue weighted by molar-refractivity contribution is 0.242. The summed E-state index contributed by atoms with van der Waals surface area (Å²) >= 11 is 0. The lowest BCUT2D eigenvalue weighted by atomic mass is 9.91. The largest absolute Gasteiger partial charge is 0.369 e. The molecular formula is C29H33N7O. The van der Waals surface area contributed by atoms with Crippen molar-refractivity contribution in [1.29, 1.82) is 0 Å². The van der Waals surface area contributed by atoms with Crippen LogP contribution in [0.25, 0.3) is 0 Å². The van der Waals surface area contributed by atoms with Crippen molar-refractivity contribution in [2.24, 2.45) is 0 Å². The van der Waals surface area contributed by atoms with Gasteiger partial charge in [-0.05, 0) is 76.1 Å². The van der Waals surface area contributed by atoms with Crippen molar-refractivity contribution >= 4 is 34.9 Å². The molecule has 2 fully saturated rings. The van der Waals surface area contributed by atoms with Gasteiger partial charge in [-0.15, -0.1) is 0 Å². The highest BCUT2D eigenvalue weighted by Crippen LogP contribution is 2.38. The van der Waals surface area contributed by atoms with Gasteiger partial charge in [0, 0.05) is 60.9 Å². The molecule has 2 amide bonds. The molecule has 3 aromatic rings. The summed E-state index contributed by atoms with van der Waals surface area (Å²) in [6.45, 7) is 8.68. The molecule has 1 saturated heterocycles. The Morgan fingerprint density at radius 1 is 1.05 bits per heavy atom. The van der Waals surface area contributed by atoms with Gasteiger partial charge in [-0.3, -0.25) is 9.80 Å². The second-order valence-electron chi connectivity index (χ2n) is 10.4. The molecule has 0 unspecified atom stereocenters. The van der Waals surface area contributed by atoms with Gasteiger partial charge in [0.2, 0.25) is 5.95 Å². The summed E-state index contributed by atoms with van der Waals surface area (Å²) in [6.07, 6.45) is 4.97. The summed E-state index contributed by atoms with van der Waals surface area (Å²) in [4.78, 5) is 31.8. The minimum Gasteiger partial charge on any atom is -0.369 e. The molecule has 8 heteroatoms. The fourth-order valence-corrected chi connectivity index (χ4v) is 5.43. The summed E-state index contributed by atoms with van der Waals surface area (Å²) < 4.78 is 0. The van der Waals surface area contributed by atoms with Gasteiger partial charge in [0.05, 0.1) is 12.2 Å². The number of nitrogens with one attached hydrogen (secondary N) is 1. The average molecular weight is 496 g/mol. The van der Waals surface area contributed by atoms with Crippen LogP contribution in [-0.4, -0.2) is 60.2 Å². The van der Waals surface area contributed by atoms with E-state index < -0.39 is 0 Å². The van der Waals surface area contributed by atoms with Gasteiger partial charge < -0.3 is 15.1 Å². The highest BCUT2D eigenvalue weighted by molar-refractivity contribution is 6.06. The van der Waals surface area contributed by atoms with Crippen LogP contribution in [0.4, 0.5) is 33.6 Å². The van der Waals surface area contributed by atoms with Crippen LogP contribution in [-0.2, 0) is 6.54 Å². The summed E-state index contributed by atoms with van der Waals surface area (Å²) in [5.74, 6) is 1.23. The number of anilines is 5. The number of likely N-dealkylation sites (N-methyl/N-ethyl adjacent to an activating group) is 1. The predicted molar refractivity (Wildman–Crippen MR) is 147 cm³/mol. The number of urea groups is 1. The van der Waals surface area contributed by atoms with Gasteiger partial charge in [0.1, 0.15) is 5.82 Å². The zero-order valence-electron chi connectivity index (χ0n) is 21.8. The van der Waals surface area contributed by atoms with E-state index in [0.29, 0.717) is 12.5 Å². The van der Waals surface area contributed by atoms with E-state index in [1.54, 1.807) is 0 Å². The van der Waals surface area contributed by atoms with Gasteiger partial charge in [-0.2, -0.15) is 4.98 Å². The van der Waals surface area contributed by atoms with Crippen LogP contribution in [0, 0.1) is 26.0 Å². The molecule has 3 heterocycles. The molecule has 0 radical (unpaired) electrons. The van der Waals surface area contributed by atoms with Gasteiger partial charge in [-0.25, -0.2) is 9.78 Å². The van der Waals surface area contributed by atoms with E-state index in [1.165, 1.54) is 5.69 Å². The predicted octanol–water partition coefficient (Wildman–Crippen LogP) is 4.69. The number of aromatic nitrogens is 2. The third-order valence-corrected chi connectivity index (χ3v) is 7.81. The highest BCUT2D eigenvalue weighted by atomic mass is 16.2. The highest BCUT2D eigenvalue weighted by Gasteiger charge is 2.40. The zero-order chi connectivity index (χ0) is 25.5. The smallest absolute Gasteiger partial charge is 0.330 e. The molecule has 1 N–H and O–H groups in total. The molecule has 37 heavy (non-hydrogen) atoms. The number of carbonyl (C=O) groups excluding carboxylic acids is 1. The summed E-state index contributed by atoms with van der Waals surface area (Å²) in [7, 11) is 2.17. The van der Waals surface area contributed by atoms with Gasteiger partial charge in [-0.1, -0.05) is 12.1 Å². The quantitative estimate of drug-likeness (QED) is 0.554. The maximum Gasteiger partial charge on any atom is 0.330 e. The Balaban J connectivity index is 1.26. The lowest BCUT2D eigenvalue weighted by Crippen LogP contribution is -2.54. The van der Waals surface area contributed by atoms with Crippen LogP contribution < -0.4 is 20.0 Å². The molecule has 1 aliphatic carbocycles. The number of hydrogen-bond donors (Lipinski definition) is 1. The Bertz CT molecular complexity index is 1280. The number of nitrogens with zero attached hydrogens (tertiary/aromatic N) is 6. The van der Waals surface area contributed by atoms with Crippen LogP contribution >= 0.6 is 0 Å². The van der Waals surface area contributed by atoms with E-state index in [2.05, 4.69) is 63.5 Å². The number of amides is 2. The van der Waals surface area contributed by atoms with Crippen molar-refractivity contribution in [2.45, 2.75) is 45.7 Å². The van der Waals surface area contributed by atoms with Crippen LogP contribution in [0.1, 0.15) is 36.0 Å². The van der Waals surface area contributed by atoms with Crippen molar-refractivity contribution in [1.82, 2.24) is 14.9 Å².